The molecule has 0 aromatic heterocycles. The van der Waals surface area contributed by atoms with E-state index in [1.807, 2.05) is 24.3 Å². The van der Waals surface area contributed by atoms with Crippen LogP contribution in [0.25, 0.3) is 0 Å². The molecule has 0 spiro atoms. The number of nitrogens with one attached hydrogen (secondary N) is 1. The van der Waals surface area contributed by atoms with Crippen molar-refractivity contribution in [3.63, 3.8) is 0 Å². The minimum absolute atomic E-state index is 0.348. The highest BCUT2D eigenvalue weighted by molar-refractivity contribution is 5.61. The Morgan fingerprint density at radius 3 is 2.90 bits per heavy atom. The van der Waals surface area contributed by atoms with E-state index < -0.39 is 0 Å². The molecule has 0 atom stereocenters. The minimum atomic E-state index is 0.348. The standard InChI is InChI=1S/C7H7N2O/c8-7-9-5-3-1-2-4-6(5)10-7/h1-4,9H,8H2. The van der Waals surface area contributed by atoms with Crippen LogP contribution in [0.4, 0.5) is 5.69 Å². The molecule has 0 amide bonds. The van der Waals surface area contributed by atoms with E-state index in [0.29, 0.717) is 6.35 Å². The number of hydrogen-bond donors (Lipinski definition) is 2. The van der Waals surface area contributed by atoms with Crippen LogP contribution in [-0.4, -0.2) is 0 Å². The molecule has 2 rings (SSSR count). The molecule has 0 bridgehead atoms. The summed E-state index contributed by atoms with van der Waals surface area (Å²) in [5.74, 6) is 0.792. The highest BCUT2D eigenvalue weighted by Gasteiger charge is 2.17. The first-order valence-electron chi connectivity index (χ1n) is 3.02. The van der Waals surface area contributed by atoms with Crippen LogP contribution >= 0.6 is 0 Å². The molecule has 1 aromatic carbocycles. The van der Waals surface area contributed by atoms with Crippen molar-refractivity contribution in [2.75, 3.05) is 5.32 Å². The Bertz CT molecular complexity index is 224. The number of para-hydroxylation sites is 2. The highest BCUT2D eigenvalue weighted by Crippen LogP contribution is 2.31. The lowest BCUT2D eigenvalue weighted by Gasteiger charge is -1.97. The summed E-state index contributed by atoms with van der Waals surface area (Å²) in [7, 11) is 0. The summed E-state index contributed by atoms with van der Waals surface area (Å²) in [6, 6.07) is 7.60. The maximum atomic E-state index is 5.37. The first-order valence-corrected chi connectivity index (χ1v) is 3.02. The van der Waals surface area contributed by atoms with Gasteiger partial charge in [0.05, 0.1) is 5.69 Å². The van der Waals surface area contributed by atoms with Crippen LogP contribution < -0.4 is 15.8 Å². The maximum Gasteiger partial charge on any atom is 0.312 e. The van der Waals surface area contributed by atoms with Gasteiger partial charge in [0.15, 0.2) is 0 Å². The molecule has 1 aliphatic rings. The summed E-state index contributed by atoms with van der Waals surface area (Å²) in [5.41, 5.74) is 6.30. The molecule has 0 aliphatic carbocycles. The zero-order valence-corrected chi connectivity index (χ0v) is 5.29. The summed E-state index contributed by atoms with van der Waals surface area (Å²) in [5, 5.41) is 2.87. The zero-order chi connectivity index (χ0) is 6.97. The van der Waals surface area contributed by atoms with Gasteiger partial charge in [0.25, 0.3) is 0 Å². The van der Waals surface area contributed by atoms with Crippen molar-refractivity contribution in [2.45, 2.75) is 0 Å². The van der Waals surface area contributed by atoms with E-state index in [1.165, 1.54) is 0 Å². The van der Waals surface area contributed by atoms with Crippen LogP contribution in [0.3, 0.4) is 0 Å². The van der Waals surface area contributed by atoms with E-state index in [-0.39, 0.29) is 0 Å². The number of hydrogen-bond acceptors (Lipinski definition) is 3. The van der Waals surface area contributed by atoms with Crippen LogP contribution in [0.2, 0.25) is 0 Å². The maximum absolute atomic E-state index is 5.37. The molecular weight excluding hydrogens is 128 g/mol. The lowest BCUT2D eigenvalue weighted by Crippen LogP contribution is -2.19. The number of rotatable bonds is 0. The van der Waals surface area contributed by atoms with Crippen LogP contribution in [-0.2, 0) is 0 Å². The van der Waals surface area contributed by atoms with Crippen molar-refractivity contribution in [3.05, 3.63) is 30.6 Å². The van der Waals surface area contributed by atoms with E-state index in [0.717, 1.165) is 11.4 Å². The predicted molar refractivity (Wildman–Crippen MR) is 38.1 cm³/mol. The van der Waals surface area contributed by atoms with Gasteiger partial charge >= 0.3 is 6.35 Å². The van der Waals surface area contributed by atoms with Gasteiger partial charge in [-0.25, -0.2) is 0 Å². The number of ether oxygens (including phenoxy) is 1. The van der Waals surface area contributed by atoms with Gasteiger partial charge in [-0.05, 0) is 12.1 Å². The quantitative estimate of drug-likeness (QED) is 0.555. The molecule has 1 heterocycles. The molecule has 0 saturated carbocycles. The smallest absolute Gasteiger partial charge is 0.312 e. The van der Waals surface area contributed by atoms with Gasteiger partial charge in [0, 0.05) is 0 Å². The molecule has 51 valence electrons. The van der Waals surface area contributed by atoms with Crippen molar-refractivity contribution in [2.24, 2.45) is 5.73 Å². The molecule has 0 saturated heterocycles. The molecule has 1 aromatic rings. The van der Waals surface area contributed by atoms with E-state index in [1.54, 1.807) is 0 Å². The van der Waals surface area contributed by atoms with Crippen molar-refractivity contribution in [1.29, 1.82) is 0 Å². The third kappa shape index (κ3) is 0.717. The number of benzene rings is 1. The van der Waals surface area contributed by atoms with Gasteiger partial charge in [-0.1, -0.05) is 12.1 Å². The Kier molecular flexibility index (Phi) is 1.05. The Morgan fingerprint density at radius 1 is 1.30 bits per heavy atom. The summed E-state index contributed by atoms with van der Waals surface area (Å²) >= 11 is 0. The number of anilines is 1. The van der Waals surface area contributed by atoms with Crippen LogP contribution in [0, 0.1) is 6.35 Å². The van der Waals surface area contributed by atoms with Crippen molar-refractivity contribution in [1.82, 2.24) is 0 Å². The fourth-order valence-corrected chi connectivity index (χ4v) is 0.936. The van der Waals surface area contributed by atoms with Crippen LogP contribution in [0.1, 0.15) is 0 Å². The Morgan fingerprint density at radius 2 is 2.10 bits per heavy atom. The first kappa shape index (κ1) is 5.56. The van der Waals surface area contributed by atoms with Gasteiger partial charge in [-0.2, -0.15) is 0 Å². The second kappa shape index (κ2) is 1.88. The fourth-order valence-electron chi connectivity index (χ4n) is 0.936. The molecule has 10 heavy (non-hydrogen) atoms. The van der Waals surface area contributed by atoms with Crippen LogP contribution in [0.15, 0.2) is 24.3 Å². The molecule has 3 heteroatoms. The summed E-state index contributed by atoms with van der Waals surface area (Å²) in [4.78, 5) is 0. The summed E-state index contributed by atoms with van der Waals surface area (Å²) in [6.07, 6.45) is 0.348. The first-order chi connectivity index (χ1) is 4.86. The third-order valence-corrected chi connectivity index (χ3v) is 1.36. The Hall–Kier alpha value is -1.22. The predicted octanol–water partition coefficient (Wildman–Crippen LogP) is 0.897. The fraction of sp³-hybridized carbons (Fsp3) is 0. The number of nitrogens with two attached hydrogens (primary N) is 1. The molecule has 1 radical (unpaired) electrons. The lowest BCUT2D eigenvalue weighted by molar-refractivity contribution is 0.366. The van der Waals surface area contributed by atoms with Crippen molar-refractivity contribution >= 4 is 5.69 Å². The van der Waals surface area contributed by atoms with Gasteiger partial charge in [0.2, 0.25) is 0 Å². The van der Waals surface area contributed by atoms with Gasteiger partial charge < -0.3 is 10.1 Å². The third-order valence-electron chi connectivity index (χ3n) is 1.36. The molecule has 0 unspecified atom stereocenters. The average molecular weight is 135 g/mol. The van der Waals surface area contributed by atoms with E-state index in [4.69, 9.17) is 10.5 Å². The number of fused-ring (bicyclic) bond motifs is 1. The largest absolute Gasteiger partial charge is 0.446 e. The van der Waals surface area contributed by atoms with Crippen molar-refractivity contribution < 1.29 is 4.74 Å². The SMILES string of the molecule is N[C]1Nc2ccccc2O1. The summed E-state index contributed by atoms with van der Waals surface area (Å²) < 4.78 is 5.09. The molecule has 0 fully saturated rings. The Balaban J connectivity index is 2.42. The van der Waals surface area contributed by atoms with E-state index >= 15 is 0 Å². The van der Waals surface area contributed by atoms with Gasteiger partial charge in [-0.3, -0.25) is 5.73 Å². The molecule has 3 N–H and O–H groups in total. The van der Waals surface area contributed by atoms with Crippen molar-refractivity contribution in [3.8, 4) is 5.75 Å². The van der Waals surface area contributed by atoms with Gasteiger partial charge in [-0.15, -0.1) is 0 Å². The Labute approximate surface area is 58.8 Å². The normalized spacial score (nSPS) is 15.7. The second-order valence-electron chi connectivity index (χ2n) is 2.09. The molecule has 1 aliphatic heterocycles. The minimum Gasteiger partial charge on any atom is -0.446 e. The molecule has 3 nitrogen and oxygen atoms in total. The monoisotopic (exact) mass is 135 g/mol. The summed E-state index contributed by atoms with van der Waals surface area (Å²) in [6.45, 7) is 0. The van der Waals surface area contributed by atoms with E-state index in [9.17, 15) is 0 Å². The van der Waals surface area contributed by atoms with Gasteiger partial charge in [0.1, 0.15) is 5.75 Å². The molecular formula is C7H7N2O. The second-order valence-corrected chi connectivity index (χ2v) is 2.09. The lowest BCUT2D eigenvalue weighted by atomic mass is 10.3. The average Bonchev–Trinajstić information content (AvgIpc) is 2.27. The van der Waals surface area contributed by atoms with Crippen LogP contribution in [0.5, 0.6) is 5.75 Å². The zero-order valence-electron chi connectivity index (χ0n) is 5.29. The van der Waals surface area contributed by atoms with E-state index in [2.05, 4.69) is 5.32 Å². The topological polar surface area (TPSA) is 47.3 Å². The highest BCUT2D eigenvalue weighted by atomic mass is 16.5.